The SMILES string of the molecule is Cc1ccc(C(N)C(=O)NC(CC(=O)O)C2CC2)cc1. The van der Waals surface area contributed by atoms with Gasteiger partial charge in [0.25, 0.3) is 0 Å². The van der Waals surface area contributed by atoms with E-state index in [1.54, 1.807) is 0 Å². The molecule has 2 rings (SSSR count). The number of nitrogens with one attached hydrogen (secondary N) is 1. The maximum atomic E-state index is 12.1. The minimum atomic E-state index is -0.897. The van der Waals surface area contributed by atoms with Gasteiger partial charge in [-0.3, -0.25) is 9.59 Å². The second-order valence-electron chi connectivity index (χ2n) is 5.44. The molecule has 0 heterocycles. The molecule has 1 fully saturated rings. The monoisotopic (exact) mass is 276 g/mol. The number of carbonyl (C=O) groups is 2. The molecule has 0 aromatic heterocycles. The minimum absolute atomic E-state index is 0.0446. The molecule has 1 aromatic carbocycles. The second-order valence-corrected chi connectivity index (χ2v) is 5.44. The third-order valence-corrected chi connectivity index (χ3v) is 3.63. The topological polar surface area (TPSA) is 92.4 Å². The molecule has 0 saturated heterocycles. The van der Waals surface area contributed by atoms with Crippen molar-refractivity contribution < 1.29 is 14.7 Å². The quantitative estimate of drug-likeness (QED) is 0.731. The van der Waals surface area contributed by atoms with Gasteiger partial charge in [-0.2, -0.15) is 0 Å². The zero-order valence-electron chi connectivity index (χ0n) is 11.5. The molecule has 1 aromatic rings. The van der Waals surface area contributed by atoms with Gasteiger partial charge in [0.05, 0.1) is 6.42 Å². The number of rotatable bonds is 6. The average Bonchev–Trinajstić information content (AvgIpc) is 3.21. The Morgan fingerprint density at radius 2 is 1.95 bits per heavy atom. The number of amides is 1. The molecule has 1 saturated carbocycles. The van der Waals surface area contributed by atoms with Crippen molar-refractivity contribution in [1.29, 1.82) is 0 Å². The van der Waals surface area contributed by atoms with E-state index >= 15 is 0 Å². The molecule has 1 aliphatic carbocycles. The number of aryl methyl sites for hydroxylation is 1. The molecule has 108 valence electrons. The van der Waals surface area contributed by atoms with Gasteiger partial charge >= 0.3 is 5.97 Å². The van der Waals surface area contributed by atoms with Crippen LogP contribution in [-0.2, 0) is 9.59 Å². The highest BCUT2D eigenvalue weighted by Crippen LogP contribution is 2.34. The summed E-state index contributed by atoms with van der Waals surface area (Å²) in [6.07, 6.45) is 1.90. The lowest BCUT2D eigenvalue weighted by Gasteiger charge is -2.19. The van der Waals surface area contributed by atoms with Crippen molar-refractivity contribution in [3.63, 3.8) is 0 Å². The number of hydrogen-bond donors (Lipinski definition) is 3. The Morgan fingerprint density at radius 1 is 1.35 bits per heavy atom. The summed E-state index contributed by atoms with van der Waals surface area (Å²) < 4.78 is 0. The van der Waals surface area contributed by atoms with Gasteiger partial charge in [-0.1, -0.05) is 29.8 Å². The zero-order chi connectivity index (χ0) is 14.7. The molecular weight excluding hydrogens is 256 g/mol. The van der Waals surface area contributed by atoms with E-state index in [1.807, 2.05) is 31.2 Å². The number of benzene rings is 1. The van der Waals surface area contributed by atoms with Gasteiger partial charge in [-0.05, 0) is 31.2 Å². The van der Waals surface area contributed by atoms with E-state index in [4.69, 9.17) is 10.8 Å². The van der Waals surface area contributed by atoms with Crippen LogP contribution in [0.3, 0.4) is 0 Å². The Hall–Kier alpha value is -1.88. The minimum Gasteiger partial charge on any atom is -0.481 e. The maximum absolute atomic E-state index is 12.1. The van der Waals surface area contributed by atoms with E-state index < -0.39 is 12.0 Å². The molecule has 20 heavy (non-hydrogen) atoms. The third kappa shape index (κ3) is 3.81. The molecule has 5 heteroatoms. The molecule has 0 spiro atoms. The summed E-state index contributed by atoms with van der Waals surface area (Å²) in [5.41, 5.74) is 7.76. The fourth-order valence-corrected chi connectivity index (χ4v) is 2.22. The van der Waals surface area contributed by atoms with Crippen LogP contribution in [0.5, 0.6) is 0 Å². The highest BCUT2D eigenvalue weighted by molar-refractivity contribution is 5.83. The molecule has 0 bridgehead atoms. The fourth-order valence-electron chi connectivity index (χ4n) is 2.22. The Labute approximate surface area is 118 Å². The molecule has 2 unspecified atom stereocenters. The summed E-state index contributed by atoms with van der Waals surface area (Å²) in [5.74, 6) is -0.932. The van der Waals surface area contributed by atoms with Crippen LogP contribution in [0, 0.1) is 12.8 Å². The van der Waals surface area contributed by atoms with Crippen LogP contribution in [0.15, 0.2) is 24.3 Å². The van der Waals surface area contributed by atoms with E-state index in [1.165, 1.54) is 0 Å². The smallest absolute Gasteiger partial charge is 0.305 e. The number of hydrogen-bond acceptors (Lipinski definition) is 3. The van der Waals surface area contributed by atoms with E-state index in [2.05, 4.69) is 5.32 Å². The first kappa shape index (κ1) is 14.5. The predicted molar refractivity (Wildman–Crippen MR) is 75.0 cm³/mol. The fraction of sp³-hybridized carbons (Fsp3) is 0.467. The molecule has 0 aliphatic heterocycles. The lowest BCUT2D eigenvalue weighted by atomic mass is 10.0. The Balaban J connectivity index is 1.98. The molecule has 5 nitrogen and oxygen atoms in total. The number of carbonyl (C=O) groups excluding carboxylic acids is 1. The number of nitrogens with two attached hydrogens (primary N) is 1. The normalized spacial score (nSPS) is 17.3. The van der Waals surface area contributed by atoms with Gasteiger partial charge in [-0.25, -0.2) is 0 Å². The van der Waals surface area contributed by atoms with E-state index in [-0.39, 0.29) is 24.3 Å². The first-order chi connectivity index (χ1) is 9.47. The second kappa shape index (κ2) is 6.05. The van der Waals surface area contributed by atoms with Gasteiger partial charge in [0.2, 0.25) is 5.91 Å². The standard InChI is InChI=1S/C15H20N2O3/c1-9-2-4-11(5-3-9)14(16)15(20)17-12(8-13(18)19)10-6-7-10/h2-5,10,12,14H,6-8,16H2,1H3,(H,17,20)(H,18,19). The van der Waals surface area contributed by atoms with Crippen LogP contribution in [-0.4, -0.2) is 23.0 Å². The Bertz CT molecular complexity index is 494. The van der Waals surface area contributed by atoms with Crippen molar-refractivity contribution in [2.24, 2.45) is 11.7 Å². The highest BCUT2D eigenvalue weighted by atomic mass is 16.4. The molecule has 1 aliphatic rings. The Morgan fingerprint density at radius 3 is 2.45 bits per heavy atom. The van der Waals surface area contributed by atoms with Gasteiger partial charge in [0.15, 0.2) is 0 Å². The summed E-state index contributed by atoms with van der Waals surface area (Å²) in [6, 6.07) is 6.38. The first-order valence-corrected chi connectivity index (χ1v) is 6.81. The number of aliphatic carboxylic acids is 1. The van der Waals surface area contributed by atoms with Crippen molar-refractivity contribution in [2.75, 3.05) is 0 Å². The van der Waals surface area contributed by atoms with Crippen LogP contribution in [0.1, 0.15) is 36.4 Å². The molecule has 0 radical (unpaired) electrons. The average molecular weight is 276 g/mol. The molecule has 2 atom stereocenters. The maximum Gasteiger partial charge on any atom is 0.305 e. The number of carboxylic acid groups (broad SMARTS) is 1. The summed E-state index contributed by atoms with van der Waals surface area (Å²) in [4.78, 5) is 22.9. The summed E-state index contributed by atoms with van der Waals surface area (Å²) in [6.45, 7) is 1.96. The van der Waals surface area contributed by atoms with Crippen molar-refractivity contribution in [3.05, 3.63) is 35.4 Å². The van der Waals surface area contributed by atoms with Crippen molar-refractivity contribution in [3.8, 4) is 0 Å². The van der Waals surface area contributed by atoms with E-state index in [0.717, 1.165) is 24.0 Å². The van der Waals surface area contributed by atoms with E-state index in [9.17, 15) is 9.59 Å². The summed E-state index contributed by atoms with van der Waals surface area (Å²) in [7, 11) is 0. The van der Waals surface area contributed by atoms with Crippen LogP contribution in [0.25, 0.3) is 0 Å². The molecular formula is C15H20N2O3. The van der Waals surface area contributed by atoms with Crippen molar-refractivity contribution in [2.45, 2.75) is 38.3 Å². The lowest BCUT2D eigenvalue weighted by molar-refractivity contribution is -0.138. The third-order valence-electron chi connectivity index (χ3n) is 3.63. The number of carboxylic acids is 1. The van der Waals surface area contributed by atoms with Crippen LogP contribution >= 0.6 is 0 Å². The van der Waals surface area contributed by atoms with Crippen molar-refractivity contribution in [1.82, 2.24) is 5.32 Å². The van der Waals surface area contributed by atoms with Gasteiger partial charge in [-0.15, -0.1) is 0 Å². The molecule has 4 N–H and O–H groups in total. The van der Waals surface area contributed by atoms with Crippen LogP contribution < -0.4 is 11.1 Å². The largest absolute Gasteiger partial charge is 0.481 e. The van der Waals surface area contributed by atoms with Gasteiger partial charge in [0, 0.05) is 6.04 Å². The lowest BCUT2D eigenvalue weighted by Crippen LogP contribution is -2.43. The van der Waals surface area contributed by atoms with Gasteiger partial charge in [0.1, 0.15) is 6.04 Å². The van der Waals surface area contributed by atoms with Gasteiger partial charge < -0.3 is 16.2 Å². The highest BCUT2D eigenvalue weighted by Gasteiger charge is 2.34. The zero-order valence-corrected chi connectivity index (χ0v) is 11.5. The first-order valence-electron chi connectivity index (χ1n) is 6.81. The summed E-state index contributed by atoms with van der Waals surface area (Å²) >= 11 is 0. The van der Waals surface area contributed by atoms with Crippen LogP contribution in [0.2, 0.25) is 0 Å². The predicted octanol–water partition coefficient (Wildman–Crippen LogP) is 1.36. The van der Waals surface area contributed by atoms with Crippen molar-refractivity contribution >= 4 is 11.9 Å². The molecule has 1 amide bonds. The summed E-state index contributed by atoms with van der Waals surface area (Å²) in [5, 5.41) is 11.7. The van der Waals surface area contributed by atoms with E-state index in [0.29, 0.717) is 0 Å². The Kier molecular flexibility index (Phi) is 4.39. The van der Waals surface area contributed by atoms with Crippen LogP contribution in [0.4, 0.5) is 0 Å².